The van der Waals surface area contributed by atoms with Crippen LogP contribution in [0.15, 0.2) is 48.1 Å². The van der Waals surface area contributed by atoms with E-state index in [1.165, 1.54) is 23.8 Å². The number of Topliss-reactive ketones (excluding diaryl/α,β-unsaturated/α-hetero) is 1. The minimum absolute atomic E-state index is 0.0484. The molecule has 1 atom stereocenters. The summed E-state index contributed by atoms with van der Waals surface area (Å²) in [7, 11) is 0. The summed E-state index contributed by atoms with van der Waals surface area (Å²) in [4.78, 5) is 12.6. The van der Waals surface area contributed by atoms with Crippen molar-refractivity contribution in [2.24, 2.45) is 0 Å². The van der Waals surface area contributed by atoms with Crippen molar-refractivity contribution in [2.75, 3.05) is 0 Å². The lowest BCUT2D eigenvalue weighted by molar-refractivity contribution is -0.117. The van der Waals surface area contributed by atoms with Crippen LogP contribution >= 0.6 is 0 Å². The molecule has 3 N–H and O–H groups in total. The molecule has 2 aromatic carbocycles. The van der Waals surface area contributed by atoms with E-state index in [1.807, 2.05) is 19.1 Å². The van der Waals surface area contributed by atoms with Crippen molar-refractivity contribution in [3.05, 3.63) is 64.7 Å². The molecule has 0 unspecified atom stereocenters. The maximum absolute atomic E-state index is 12.6. The number of phenols is 3. The second-order valence-electron chi connectivity index (χ2n) is 8.26. The maximum atomic E-state index is 12.6. The molecule has 0 saturated carbocycles. The van der Waals surface area contributed by atoms with Crippen LogP contribution in [0.2, 0.25) is 0 Å². The van der Waals surface area contributed by atoms with Gasteiger partial charge < -0.3 is 20.1 Å². The summed E-state index contributed by atoms with van der Waals surface area (Å²) in [5.74, 6) is 0.206. The Morgan fingerprint density at radius 3 is 2.43 bits per heavy atom. The smallest absolute Gasteiger partial charge is 0.169 e. The predicted molar refractivity (Wildman–Crippen MR) is 117 cm³/mol. The number of carbonyl (C=O) groups is 1. The fourth-order valence-corrected chi connectivity index (χ4v) is 3.57. The SMILES string of the molecule is CC(C)=CCC[C@@]1(C)C=Cc2c(CC(=O)Cc3ccc(O)cc3O)ccc(O)c2O1. The topological polar surface area (TPSA) is 87.0 Å². The Morgan fingerprint density at radius 1 is 1.03 bits per heavy atom. The molecular formula is C25H28O5. The van der Waals surface area contributed by atoms with Gasteiger partial charge in [0, 0.05) is 30.0 Å². The molecular weight excluding hydrogens is 380 g/mol. The molecule has 5 nitrogen and oxygen atoms in total. The number of benzene rings is 2. The second-order valence-corrected chi connectivity index (χ2v) is 8.26. The summed E-state index contributed by atoms with van der Waals surface area (Å²) in [6.07, 6.45) is 7.89. The van der Waals surface area contributed by atoms with Crippen LogP contribution < -0.4 is 4.74 Å². The molecule has 0 aliphatic carbocycles. The lowest BCUT2D eigenvalue weighted by Gasteiger charge is -2.32. The summed E-state index contributed by atoms with van der Waals surface area (Å²) >= 11 is 0. The molecule has 2 aromatic rings. The quantitative estimate of drug-likeness (QED) is 0.557. The Labute approximate surface area is 177 Å². The van der Waals surface area contributed by atoms with Gasteiger partial charge in [-0.15, -0.1) is 0 Å². The number of allylic oxidation sites excluding steroid dienone is 2. The van der Waals surface area contributed by atoms with Gasteiger partial charge in [-0.05, 0) is 57.4 Å². The summed E-state index contributed by atoms with van der Waals surface area (Å²) in [6.45, 7) is 6.10. The molecule has 1 heterocycles. The standard InChI is InChI=1S/C25H28O5/c1-16(2)5-4-11-25(3)12-10-21-17(7-9-22(28)24(21)30-25)13-20(27)14-18-6-8-19(26)15-23(18)29/h5-10,12,15,26,28-29H,4,11,13-14H2,1-3H3/t25-/m0/s1. The zero-order chi connectivity index (χ0) is 21.9. The highest BCUT2D eigenvalue weighted by atomic mass is 16.5. The average molecular weight is 408 g/mol. The Balaban J connectivity index is 1.77. The van der Waals surface area contributed by atoms with Crippen LogP contribution in [0, 0.1) is 0 Å². The molecule has 0 aromatic heterocycles. The van der Waals surface area contributed by atoms with Crippen molar-refractivity contribution in [1.29, 1.82) is 0 Å². The molecule has 158 valence electrons. The van der Waals surface area contributed by atoms with Crippen LogP contribution in [0.1, 0.15) is 50.3 Å². The van der Waals surface area contributed by atoms with E-state index in [9.17, 15) is 20.1 Å². The van der Waals surface area contributed by atoms with E-state index >= 15 is 0 Å². The molecule has 0 saturated heterocycles. The van der Waals surface area contributed by atoms with Gasteiger partial charge in [0.25, 0.3) is 0 Å². The van der Waals surface area contributed by atoms with Gasteiger partial charge in [-0.2, -0.15) is 0 Å². The zero-order valence-electron chi connectivity index (χ0n) is 17.6. The zero-order valence-corrected chi connectivity index (χ0v) is 17.6. The van der Waals surface area contributed by atoms with Crippen LogP contribution in [0.4, 0.5) is 0 Å². The molecule has 5 heteroatoms. The summed E-state index contributed by atoms with van der Waals surface area (Å²) in [5, 5.41) is 29.7. The van der Waals surface area contributed by atoms with E-state index in [0.717, 1.165) is 18.4 Å². The van der Waals surface area contributed by atoms with Gasteiger partial charge in [-0.3, -0.25) is 4.79 Å². The number of rotatable bonds is 7. The number of phenolic OH excluding ortho intramolecular Hbond substituents is 3. The van der Waals surface area contributed by atoms with Gasteiger partial charge in [0.15, 0.2) is 11.5 Å². The van der Waals surface area contributed by atoms with E-state index in [2.05, 4.69) is 19.9 Å². The summed E-state index contributed by atoms with van der Waals surface area (Å²) in [6, 6.07) is 7.47. The van der Waals surface area contributed by atoms with Gasteiger partial charge in [0.05, 0.1) is 0 Å². The number of hydrogen-bond acceptors (Lipinski definition) is 5. The first-order chi connectivity index (χ1) is 14.2. The number of hydrogen-bond donors (Lipinski definition) is 3. The minimum atomic E-state index is -0.531. The molecule has 1 aliphatic rings. The molecule has 0 spiro atoms. The van der Waals surface area contributed by atoms with Gasteiger partial charge >= 0.3 is 0 Å². The van der Waals surface area contributed by atoms with Crippen molar-refractivity contribution in [2.45, 2.75) is 52.1 Å². The Kier molecular flexibility index (Phi) is 6.20. The van der Waals surface area contributed by atoms with Crippen molar-refractivity contribution < 1.29 is 24.9 Å². The summed E-state index contributed by atoms with van der Waals surface area (Å²) < 4.78 is 6.16. The molecule has 0 bridgehead atoms. The van der Waals surface area contributed by atoms with E-state index in [0.29, 0.717) is 16.9 Å². The van der Waals surface area contributed by atoms with Gasteiger partial charge in [0.2, 0.25) is 0 Å². The Bertz CT molecular complexity index is 1010. The largest absolute Gasteiger partial charge is 0.508 e. The summed E-state index contributed by atoms with van der Waals surface area (Å²) in [5.41, 5.74) is 2.65. The van der Waals surface area contributed by atoms with Crippen LogP contribution in [-0.2, 0) is 17.6 Å². The van der Waals surface area contributed by atoms with Crippen LogP contribution in [0.3, 0.4) is 0 Å². The van der Waals surface area contributed by atoms with E-state index in [1.54, 1.807) is 12.1 Å². The second kappa shape index (κ2) is 8.66. The molecule has 3 rings (SSSR count). The van der Waals surface area contributed by atoms with E-state index < -0.39 is 5.60 Å². The Hall–Kier alpha value is -3.21. The maximum Gasteiger partial charge on any atom is 0.169 e. The minimum Gasteiger partial charge on any atom is -0.508 e. The molecule has 0 amide bonds. The van der Waals surface area contributed by atoms with Crippen molar-refractivity contribution in [3.8, 4) is 23.0 Å². The number of carbonyl (C=O) groups excluding carboxylic acids is 1. The van der Waals surface area contributed by atoms with Crippen LogP contribution in [-0.4, -0.2) is 26.7 Å². The van der Waals surface area contributed by atoms with Crippen LogP contribution in [0.25, 0.3) is 6.08 Å². The van der Waals surface area contributed by atoms with Crippen molar-refractivity contribution in [3.63, 3.8) is 0 Å². The number of fused-ring (bicyclic) bond motifs is 1. The third kappa shape index (κ3) is 5.03. The van der Waals surface area contributed by atoms with Gasteiger partial charge in [-0.25, -0.2) is 0 Å². The average Bonchev–Trinajstić information content (AvgIpc) is 2.66. The van der Waals surface area contributed by atoms with Gasteiger partial charge in [-0.1, -0.05) is 29.9 Å². The van der Waals surface area contributed by atoms with Crippen molar-refractivity contribution >= 4 is 11.9 Å². The normalized spacial score (nSPS) is 17.2. The van der Waals surface area contributed by atoms with E-state index in [-0.39, 0.29) is 35.9 Å². The molecule has 0 radical (unpaired) electrons. The fourth-order valence-electron chi connectivity index (χ4n) is 3.57. The highest BCUT2D eigenvalue weighted by Crippen LogP contribution is 2.41. The molecule has 0 fully saturated rings. The third-order valence-electron chi connectivity index (χ3n) is 5.24. The van der Waals surface area contributed by atoms with Gasteiger partial charge in [0.1, 0.15) is 22.9 Å². The lowest BCUT2D eigenvalue weighted by atomic mass is 9.91. The van der Waals surface area contributed by atoms with E-state index in [4.69, 9.17) is 4.74 Å². The predicted octanol–water partition coefficient (Wildman–Crippen LogP) is 5.07. The third-order valence-corrected chi connectivity index (χ3v) is 5.24. The highest BCUT2D eigenvalue weighted by Gasteiger charge is 2.30. The molecule has 30 heavy (non-hydrogen) atoms. The monoisotopic (exact) mass is 408 g/mol. The molecule has 1 aliphatic heterocycles. The van der Waals surface area contributed by atoms with Crippen LogP contribution in [0.5, 0.6) is 23.0 Å². The number of ketones is 1. The van der Waals surface area contributed by atoms with Crippen molar-refractivity contribution in [1.82, 2.24) is 0 Å². The lowest BCUT2D eigenvalue weighted by Crippen LogP contribution is -2.32. The number of ether oxygens (including phenoxy) is 1. The Morgan fingerprint density at radius 2 is 1.73 bits per heavy atom. The first-order valence-electron chi connectivity index (χ1n) is 10.1. The number of aromatic hydroxyl groups is 3. The fraction of sp³-hybridized carbons (Fsp3) is 0.320. The highest BCUT2D eigenvalue weighted by molar-refractivity contribution is 5.85. The first kappa shape index (κ1) is 21.5. The first-order valence-corrected chi connectivity index (χ1v) is 10.1.